The molecule has 0 aliphatic carbocycles. The van der Waals surface area contributed by atoms with Crippen LogP contribution in [0.2, 0.25) is 0 Å². The average Bonchev–Trinajstić information content (AvgIpc) is 2.80. The molecule has 0 N–H and O–H groups in total. The van der Waals surface area contributed by atoms with Gasteiger partial charge in [-0.1, -0.05) is 13.8 Å². The van der Waals surface area contributed by atoms with Crippen molar-refractivity contribution in [2.24, 2.45) is 0 Å². The van der Waals surface area contributed by atoms with Crippen LogP contribution in [0.1, 0.15) is 50.2 Å². The third-order valence-electron chi connectivity index (χ3n) is 3.22. The van der Waals surface area contributed by atoms with Gasteiger partial charge in [0.25, 0.3) is 0 Å². The summed E-state index contributed by atoms with van der Waals surface area (Å²) in [6.07, 6.45) is 1.85. The summed E-state index contributed by atoms with van der Waals surface area (Å²) in [5, 5.41) is 3.29. The van der Waals surface area contributed by atoms with Crippen LogP contribution in [0, 0.1) is 0 Å². The zero-order chi connectivity index (χ0) is 12.3. The SMILES string of the molecule is CCOC1(c2nc(C(C)C)cs2)CCOCC1. The van der Waals surface area contributed by atoms with Gasteiger partial charge in [0.15, 0.2) is 0 Å². The van der Waals surface area contributed by atoms with E-state index >= 15 is 0 Å². The van der Waals surface area contributed by atoms with E-state index in [1.807, 2.05) is 6.92 Å². The van der Waals surface area contributed by atoms with Gasteiger partial charge < -0.3 is 9.47 Å². The molecule has 0 atom stereocenters. The Labute approximate surface area is 107 Å². The average molecular weight is 255 g/mol. The topological polar surface area (TPSA) is 31.4 Å². The van der Waals surface area contributed by atoms with Crippen molar-refractivity contribution < 1.29 is 9.47 Å². The van der Waals surface area contributed by atoms with Crippen molar-refractivity contribution in [2.45, 2.75) is 45.1 Å². The fourth-order valence-corrected chi connectivity index (χ4v) is 3.35. The van der Waals surface area contributed by atoms with Crippen LogP contribution in [0.25, 0.3) is 0 Å². The van der Waals surface area contributed by atoms with E-state index in [2.05, 4.69) is 19.2 Å². The van der Waals surface area contributed by atoms with Gasteiger partial charge in [-0.05, 0) is 12.8 Å². The van der Waals surface area contributed by atoms with Gasteiger partial charge in [0.05, 0.1) is 5.69 Å². The summed E-state index contributed by atoms with van der Waals surface area (Å²) in [5.74, 6) is 0.485. The van der Waals surface area contributed by atoms with Crippen LogP contribution in [0.4, 0.5) is 0 Å². The predicted octanol–water partition coefficient (Wildman–Crippen LogP) is 3.31. The summed E-state index contributed by atoms with van der Waals surface area (Å²) in [7, 11) is 0. The molecule has 0 spiro atoms. The van der Waals surface area contributed by atoms with Crippen LogP contribution >= 0.6 is 11.3 Å². The molecule has 96 valence electrons. The lowest BCUT2D eigenvalue weighted by Gasteiger charge is -2.35. The van der Waals surface area contributed by atoms with Crippen molar-refractivity contribution >= 4 is 11.3 Å². The first kappa shape index (κ1) is 13.0. The minimum Gasteiger partial charge on any atom is -0.381 e. The highest BCUT2D eigenvalue weighted by atomic mass is 32.1. The number of thiazole rings is 1. The molecular formula is C13H21NO2S. The lowest BCUT2D eigenvalue weighted by atomic mass is 9.94. The molecule has 0 unspecified atom stereocenters. The first-order chi connectivity index (χ1) is 8.18. The van der Waals surface area contributed by atoms with Crippen molar-refractivity contribution in [1.29, 1.82) is 0 Å². The van der Waals surface area contributed by atoms with Crippen molar-refractivity contribution in [2.75, 3.05) is 19.8 Å². The summed E-state index contributed by atoms with van der Waals surface area (Å²) < 4.78 is 11.5. The predicted molar refractivity (Wildman–Crippen MR) is 69.6 cm³/mol. The van der Waals surface area contributed by atoms with Gasteiger partial charge in [-0.15, -0.1) is 11.3 Å². The van der Waals surface area contributed by atoms with Crippen LogP contribution in [-0.2, 0) is 15.1 Å². The lowest BCUT2D eigenvalue weighted by molar-refractivity contribution is -0.112. The molecular weight excluding hydrogens is 234 g/mol. The molecule has 2 heterocycles. The summed E-state index contributed by atoms with van der Waals surface area (Å²) in [5.41, 5.74) is 0.987. The number of nitrogens with zero attached hydrogens (tertiary/aromatic N) is 1. The monoisotopic (exact) mass is 255 g/mol. The van der Waals surface area contributed by atoms with E-state index in [1.165, 1.54) is 5.69 Å². The van der Waals surface area contributed by atoms with Crippen molar-refractivity contribution in [3.05, 3.63) is 16.1 Å². The van der Waals surface area contributed by atoms with Gasteiger partial charge in [-0.3, -0.25) is 0 Å². The first-order valence-corrected chi connectivity index (χ1v) is 7.23. The van der Waals surface area contributed by atoms with Gasteiger partial charge in [0.2, 0.25) is 0 Å². The third-order valence-corrected chi connectivity index (χ3v) is 4.27. The van der Waals surface area contributed by atoms with Crippen LogP contribution in [0.5, 0.6) is 0 Å². The van der Waals surface area contributed by atoms with Gasteiger partial charge in [-0.2, -0.15) is 0 Å². The Balaban J connectivity index is 2.24. The highest BCUT2D eigenvalue weighted by Gasteiger charge is 2.38. The molecule has 0 bridgehead atoms. The van der Waals surface area contributed by atoms with E-state index < -0.39 is 0 Å². The lowest BCUT2D eigenvalue weighted by Crippen LogP contribution is -2.36. The van der Waals surface area contributed by atoms with Gasteiger partial charge in [0.1, 0.15) is 10.6 Å². The van der Waals surface area contributed by atoms with E-state index in [-0.39, 0.29) is 5.60 Å². The zero-order valence-electron chi connectivity index (χ0n) is 10.9. The molecule has 2 rings (SSSR count). The van der Waals surface area contributed by atoms with E-state index in [0.29, 0.717) is 5.92 Å². The summed E-state index contributed by atoms with van der Waals surface area (Å²) in [6.45, 7) is 8.68. The van der Waals surface area contributed by atoms with E-state index in [0.717, 1.165) is 37.7 Å². The second-order valence-electron chi connectivity index (χ2n) is 4.77. The van der Waals surface area contributed by atoms with Crippen LogP contribution in [0.3, 0.4) is 0 Å². The normalized spacial score (nSPS) is 19.8. The Morgan fingerprint density at radius 1 is 1.47 bits per heavy atom. The molecule has 1 aliphatic heterocycles. The molecule has 1 fully saturated rings. The highest BCUT2D eigenvalue weighted by molar-refractivity contribution is 7.09. The number of ether oxygens (including phenoxy) is 2. The maximum Gasteiger partial charge on any atom is 0.125 e. The second kappa shape index (κ2) is 5.46. The molecule has 0 radical (unpaired) electrons. The first-order valence-electron chi connectivity index (χ1n) is 6.35. The van der Waals surface area contributed by atoms with Gasteiger partial charge >= 0.3 is 0 Å². The molecule has 1 saturated heterocycles. The minimum absolute atomic E-state index is 0.190. The summed E-state index contributed by atoms with van der Waals surface area (Å²) in [4.78, 5) is 4.76. The smallest absolute Gasteiger partial charge is 0.125 e. The number of hydrogen-bond acceptors (Lipinski definition) is 4. The van der Waals surface area contributed by atoms with E-state index in [9.17, 15) is 0 Å². The fraction of sp³-hybridized carbons (Fsp3) is 0.769. The van der Waals surface area contributed by atoms with Crippen molar-refractivity contribution in [3.63, 3.8) is 0 Å². The zero-order valence-corrected chi connectivity index (χ0v) is 11.7. The van der Waals surface area contributed by atoms with Crippen LogP contribution < -0.4 is 0 Å². The third kappa shape index (κ3) is 2.69. The fourth-order valence-electron chi connectivity index (χ4n) is 2.16. The molecule has 4 heteroatoms. The molecule has 0 amide bonds. The summed E-state index contributed by atoms with van der Waals surface area (Å²) in [6, 6.07) is 0. The molecule has 3 nitrogen and oxygen atoms in total. The Bertz CT molecular complexity index is 351. The van der Waals surface area contributed by atoms with E-state index in [1.54, 1.807) is 11.3 Å². The number of aromatic nitrogens is 1. The quantitative estimate of drug-likeness (QED) is 0.827. The Kier molecular flexibility index (Phi) is 4.17. The van der Waals surface area contributed by atoms with Crippen molar-refractivity contribution in [1.82, 2.24) is 4.98 Å². The molecule has 1 aliphatic rings. The van der Waals surface area contributed by atoms with E-state index in [4.69, 9.17) is 14.5 Å². The standard InChI is InChI=1S/C13H21NO2S/c1-4-16-13(5-7-15-8-6-13)12-14-11(9-17-12)10(2)3/h9-10H,4-8H2,1-3H3. The molecule has 0 saturated carbocycles. The van der Waals surface area contributed by atoms with Gasteiger partial charge in [0, 0.05) is 38.0 Å². The van der Waals surface area contributed by atoms with Gasteiger partial charge in [-0.25, -0.2) is 4.98 Å². The molecule has 1 aromatic heterocycles. The van der Waals surface area contributed by atoms with Crippen LogP contribution in [-0.4, -0.2) is 24.8 Å². The second-order valence-corrected chi connectivity index (χ2v) is 5.63. The Hall–Kier alpha value is -0.450. The minimum atomic E-state index is -0.190. The maximum atomic E-state index is 6.02. The molecule has 17 heavy (non-hydrogen) atoms. The Morgan fingerprint density at radius 2 is 2.18 bits per heavy atom. The number of rotatable bonds is 4. The highest BCUT2D eigenvalue weighted by Crippen LogP contribution is 2.38. The van der Waals surface area contributed by atoms with Crippen LogP contribution in [0.15, 0.2) is 5.38 Å². The molecule has 1 aromatic rings. The number of hydrogen-bond donors (Lipinski definition) is 0. The largest absolute Gasteiger partial charge is 0.381 e. The van der Waals surface area contributed by atoms with Crippen molar-refractivity contribution in [3.8, 4) is 0 Å². The maximum absolute atomic E-state index is 6.02. The Morgan fingerprint density at radius 3 is 2.71 bits per heavy atom. The molecule has 0 aromatic carbocycles. The summed E-state index contributed by atoms with van der Waals surface area (Å²) >= 11 is 1.73.